The molecule has 0 aliphatic carbocycles. The molecule has 2 rings (SSSR count). The number of aromatic nitrogens is 2. The Labute approximate surface area is 338 Å². The molecule has 0 fully saturated rings. The molecule has 0 saturated heterocycles. The molecule has 0 spiro atoms. The van der Waals surface area contributed by atoms with Crippen LogP contribution in [-0.2, 0) is 18.8 Å². The fourth-order valence-electron chi connectivity index (χ4n) is 4.90. The SMILES string of the molecule is CC(C)C[C@](C)(O)C(=O)O.CC(C)C[C@](C)(O[Si](C)(C)C)C(=O)Cl.COc1cc(N)cc(Br)n1.COc1cc(NC(=O)[C@@](C)(O)CC(C)C)cc(Br)n1. The summed E-state index contributed by atoms with van der Waals surface area (Å²) in [7, 11) is 1.32. The largest absolute Gasteiger partial charge is 0.481 e. The average molecular weight is 917 g/mol. The molecule has 17 heteroatoms. The number of carboxylic acids is 1. The number of halogens is 3. The number of methoxy groups -OCH3 is 2. The van der Waals surface area contributed by atoms with Crippen molar-refractivity contribution in [2.45, 2.75) is 118 Å². The minimum atomic E-state index is -1.73. The highest BCUT2D eigenvalue weighted by atomic mass is 79.9. The molecule has 0 unspecified atom stereocenters. The first kappa shape index (κ1) is 52.8. The molecule has 0 radical (unpaired) electrons. The van der Waals surface area contributed by atoms with E-state index in [1.165, 1.54) is 21.0 Å². The summed E-state index contributed by atoms with van der Waals surface area (Å²) < 4.78 is 17.0. The lowest BCUT2D eigenvalue weighted by Crippen LogP contribution is -2.45. The summed E-state index contributed by atoms with van der Waals surface area (Å²) in [5.41, 5.74) is 2.87. The van der Waals surface area contributed by atoms with Crippen molar-refractivity contribution in [1.29, 1.82) is 0 Å². The van der Waals surface area contributed by atoms with Crippen molar-refractivity contribution in [2.24, 2.45) is 17.8 Å². The number of nitrogen functional groups attached to an aromatic ring is 1. The number of nitrogens with one attached hydrogen (secondary N) is 1. The highest BCUT2D eigenvalue weighted by Gasteiger charge is 2.38. The molecule has 2 aromatic rings. The second kappa shape index (κ2) is 23.5. The third-order valence-electron chi connectivity index (χ3n) is 6.55. The van der Waals surface area contributed by atoms with E-state index < -0.39 is 37.0 Å². The van der Waals surface area contributed by atoms with Crippen LogP contribution >= 0.6 is 43.5 Å². The number of carbonyl (C=O) groups is 3. The Morgan fingerprint density at radius 1 is 0.811 bits per heavy atom. The predicted molar refractivity (Wildman–Crippen MR) is 221 cm³/mol. The lowest BCUT2D eigenvalue weighted by Gasteiger charge is -2.34. The summed E-state index contributed by atoms with van der Waals surface area (Å²) in [5, 5.41) is 30.0. The number of amides is 1. The van der Waals surface area contributed by atoms with E-state index in [-0.39, 0.29) is 17.1 Å². The van der Waals surface area contributed by atoms with E-state index in [0.29, 0.717) is 57.5 Å². The zero-order chi connectivity index (χ0) is 42.1. The zero-order valence-electron chi connectivity index (χ0n) is 33.6. The molecule has 0 aliphatic rings. The number of nitrogens with zero attached hydrogens (tertiary/aromatic N) is 2. The number of hydrogen-bond acceptors (Lipinski definition) is 11. The van der Waals surface area contributed by atoms with Crippen LogP contribution in [0.2, 0.25) is 19.6 Å². The zero-order valence-corrected chi connectivity index (χ0v) is 38.5. The van der Waals surface area contributed by atoms with Gasteiger partial charge in [-0.25, -0.2) is 14.8 Å². The average Bonchev–Trinajstić information content (AvgIpc) is 2.94. The molecule has 1 amide bonds. The highest BCUT2D eigenvalue weighted by molar-refractivity contribution is 9.10. The monoisotopic (exact) mass is 914 g/mol. The molecule has 6 N–H and O–H groups in total. The first-order valence-corrected chi connectivity index (χ1v) is 22.3. The topological polar surface area (TPSA) is 203 Å². The number of ether oxygens (including phenoxy) is 2. The highest BCUT2D eigenvalue weighted by Crippen LogP contribution is 2.28. The van der Waals surface area contributed by atoms with Gasteiger partial charge in [-0.3, -0.25) is 9.59 Å². The summed E-state index contributed by atoms with van der Waals surface area (Å²) in [4.78, 5) is 41.7. The van der Waals surface area contributed by atoms with Crippen molar-refractivity contribution in [2.75, 3.05) is 25.3 Å². The summed E-state index contributed by atoms with van der Waals surface area (Å²) >= 11 is 12.0. The van der Waals surface area contributed by atoms with Gasteiger partial charge in [0.25, 0.3) is 11.1 Å². The van der Waals surface area contributed by atoms with Gasteiger partial charge in [0.1, 0.15) is 20.4 Å². The van der Waals surface area contributed by atoms with Gasteiger partial charge in [0.2, 0.25) is 11.8 Å². The third kappa shape index (κ3) is 23.9. The van der Waals surface area contributed by atoms with E-state index in [1.54, 1.807) is 38.3 Å². The maximum atomic E-state index is 12.0. The predicted octanol–water partition coefficient (Wildman–Crippen LogP) is 8.30. The fourth-order valence-corrected chi connectivity index (χ4v) is 7.47. The van der Waals surface area contributed by atoms with Crippen LogP contribution in [0, 0.1) is 17.8 Å². The van der Waals surface area contributed by atoms with Crippen LogP contribution in [0.1, 0.15) is 81.6 Å². The quantitative estimate of drug-likeness (QED) is 0.0690. The summed E-state index contributed by atoms with van der Waals surface area (Å²) in [6.07, 6.45) is 1.37. The molecular weight excluding hydrogens is 856 g/mol. The summed E-state index contributed by atoms with van der Waals surface area (Å²) in [6, 6.07) is 6.60. The Balaban J connectivity index is 0. The van der Waals surface area contributed by atoms with Gasteiger partial charge < -0.3 is 40.3 Å². The first-order valence-electron chi connectivity index (χ1n) is 17.0. The molecule has 0 bridgehead atoms. The number of aliphatic hydroxyl groups is 2. The molecule has 304 valence electrons. The van der Waals surface area contributed by atoms with Gasteiger partial charge in [-0.05, 0) is 133 Å². The van der Waals surface area contributed by atoms with Crippen molar-refractivity contribution < 1.29 is 43.6 Å². The number of anilines is 2. The second-order valence-corrected chi connectivity index (χ2v) is 21.7. The van der Waals surface area contributed by atoms with Gasteiger partial charge >= 0.3 is 5.97 Å². The van der Waals surface area contributed by atoms with Gasteiger partial charge in [0.15, 0.2) is 13.9 Å². The number of aliphatic carboxylic acids is 1. The number of nitrogens with two attached hydrogens (primary N) is 1. The normalized spacial score (nSPS) is 14.5. The van der Waals surface area contributed by atoms with E-state index in [0.717, 1.165) is 0 Å². The number of rotatable bonds is 14. The van der Waals surface area contributed by atoms with E-state index in [4.69, 9.17) is 41.4 Å². The van der Waals surface area contributed by atoms with E-state index >= 15 is 0 Å². The van der Waals surface area contributed by atoms with E-state index in [2.05, 4.69) is 80.6 Å². The van der Waals surface area contributed by atoms with E-state index in [9.17, 15) is 19.5 Å². The molecule has 3 atom stereocenters. The van der Waals surface area contributed by atoms with Crippen LogP contribution in [0.15, 0.2) is 33.5 Å². The molecular formula is C36H61Br2ClN4O9Si. The Hall–Kier alpha value is -2.34. The number of carboxylic acid groups (broad SMARTS) is 1. The van der Waals surface area contributed by atoms with Crippen molar-refractivity contribution in [3.05, 3.63) is 33.5 Å². The molecule has 2 heterocycles. The summed E-state index contributed by atoms with van der Waals surface area (Å²) in [5.74, 6) is 0.132. The van der Waals surface area contributed by atoms with Crippen molar-refractivity contribution in [1.82, 2.24) is 9.97 Å². The Bertz CT molecular complexity index is 1440. The van der Waals surface area contributed by atoms with Crippen LogP contribution in [0.3, 0.4) is 0 Å². The Morgan fingerprint density at radius 2 is 1.23 bits per heavy atom. The summed E-state index contributed by atoms with van der Waals surface area (Å²) in [6.45, 7) is 22.6. The van der Waals surface area contributed by atoms with Crippen molar-refractivity contribution >= 4 is 80.3 Å². The molecule has 53 heavy (non-hydrogen) atoms. The van der Waals surface area contributed by atoms with Crippen LogP contribution in [0.25, 0.3) is 0 Å². The van der Waals surface area contributed by atoms with Crippen molar-refractivity contribution in [3.8, 4) is 11.8 Å². The minimum absolute atomic E-state index is 0.200. The van der Waals surface area contributed by atoms with Crippen LogP contribution in [0.5, 0.6) is 11.8 Å². The van der Waals surface area contributed by atoms with E-state index in [1.807, 2.05) is 27.7 Å². The smallest absolute Gasteiger partial charge is 0.335 e. The fraction of sp³-hybridized carbons (Fsp3) is 0.639. The van der Waals surface area contributed by atoms with Crippen LogP contribution < -0.4 is 20.5 Å². The van der Waals surface area contributed by atoms with Crippen LogP contribution in [-0.4, -0.2) is 81.7 Å². The molecule has 0 aliphatic heterocycles. The first-order chi connectivity index (χ1) is 23.9. The maximum Gasteiger partial charge on any atom is 0.335 e. The van der Waals surface area contributed by atoms with Gasteiger partial charge in [0.05, 0.1) is 14.2 Å². The lowest BCUT2D eigenvalue weighted by atomic mass is 9.93. The standard InChI is InChI=1S/C13H19BrN2O3.C10H21ClO2Si.C7H14O3.C6H7BrN2O/c1-8(2)7-13(3,18)12(17)15-9-5-10(14)16-11(6-9)19-4;1-8(2)7-10(3,9(11)12)13-14(4,5)6;1-5(2)4-7(3,10)6(8)9;1-10-6-3-4(8)2-5(7)9-6/h5-6,8,18H,7H2,1-4H3,(H,15,16,17);8H,7H2,1-6H3;5,10H,4H2,1-3H3,(H,8,9);2-3H,1H3,(H2,8,9)/t13-;10-;7-;/m000./s1. The number of carbonyl (C=O) groups excluding carboxylic acids is 2. The maximum absolute atomic E-state index is 12.0. The van der Waals surface area contributed by atoms with Gasteiger partial charge in [-0.1, -0.05) is 41.5 Å². The minimum Gasteiger partial charge on any atom is -0.481 e. The Kier molecular flexibility index (Phi) is 23.4. The third-order valence-corrected chi connectivity index (χ3v) is 8.82. The van der Waals surface area contributed by atoms with Gasteiger partial charge in [0, 0.05) is 23.5 Å². The number of hydrogen-bond donors (Lipinski definition) is 5. The molecule has 2 aromatic heterocycles. The van der Waals surface area contributed by atoms with Crippen LogP contribution in [0.4, 0.5) is 11.4 Å². The van der Waals surface area contributed by atoms with Gasteiger partial charge in [-0.15, -0.1) is 0 Å². The lowest BCUT2D eigenvalue weighted by molar-refractivity contribution is -0.158. The second-order valence-electron chi connectivity index (χ2n) is 15.3. The molecule has 13 nitrogen and oxygen atoms in total. The molecule has 0 aromatic carbocycles. The van der Waals surface area contributed by atoms with Crippen molar-refractivity contribution in [3.63, 3.8) is 0 Å². The Morgan fingerprint density at radius 3 is 1.57 bits per heavy atom. The van der Waals surface area contributed by atoms with Gasteiger partial charge in [-0.2, -0.15) is 0 Å². The number of pyridine rings is 2. The molecule has 0 saturated carbocycles.